The summed E-state index contributed by atoms with van der Waals surface area (Å²) in [4.78, 5) is 10.8. The second kappa shape index (κ2) is 4.28. The summed E-state index contributed by atoms with van der Waals surface area (Å²) in [5.41, 5.74) is -0.0252. The Labute approximate surface area is 84.3 Å². The van der Waals surface area contributed by atoms with Crippen LogP contribution < -0.4 is 5.32 Å². The molecule has 1 fully saturated rings. The van der Waals surface area contributed by atoms with E-state index in [1.54, 1.807) is 0 Å². The van der Waals surface area contributed by atoms with Gasteiger partial charge in [0.2, 0.25) is 0 Å². The quantitative estimate of drug-likeness (QED) is 0.584. The highest BCUT2D eigenvalue weighted by Crippen LogP contribution is 2.44. The first-order valence-electron chi connectivity index (χ1n) is 5.08. The average Bonchev–Trinajstić information content (AvgIpc) is 2.84. The van der Waals surface area contributed by atoms with E-state index in [1.165, 1.54) is 0 Å². The van der Waals surface area contributed by atoms with Gasteiger partial charge in [0.05, 0.1) is 0 Å². The van der Waals surface area contributed by atoms with Gasteiger partial charge >= 0.3 is 5.97 Å². The summed E-state index contributed by atoms with van der Waals surface area (Å²) < 4.78 is 0. The fourth-order valence-corrected chi connectivity index (χ4v) is 1.50. The third-order valence-corrected chi connectivity index (χ3v) is 2.92. The Bertz CT molecular complexity index is 211. The molecular weight excluding hydrogens is 182 g/mol. The molecule has 0 spiro atoms. The van der Waals surface area contributed by atoms with Crippen molar-refractivity contribution in [2.75, 3.05) is 13.2 Å². The first kappa shape index (κ1) is 11.5. The van der Waals surface area contributed by atoms with Crippen LogP contribution in [0, 0.1) is 11.3 Å². The zero-order chi connectivity index (χ0) is 10.8. The van der Waals surface area contributed by atoms with Crippen molar-refractivity contribution >= 4 is 5.97 Å². The zero-order valence-electron chi connectivity index (χ0n) is 8.79. The largest absolute Gasteiger partial charge is 0.480 e. The lowest BCUT2D eigenvalue weighted by Gasteiger charge is -2.21. The molecule has 4 heteroatoms. The molecule has 0 aromatic rings. The maximum absolute atomic E-state index is 10.8. The third kappa shape index (κ3) is 2.69. The Kier molecular flexibility index (Phi) is 3.50. The summed E-state index contributed by atoms with van der Waals surface area (Å²) in [6, 6.07) is -0.501. The van der Waals surface area contributed by atoms with Gasteiger partial charge in [-0.2, -0.15) is 0 Å². The van der Waals surface area contributed by atoms with Crippen LogP contribution in [-0.2, 0) is 4.79 Å². The molecule has 1 rings (SSSR count). The Balaban J connectivity index is 2.37. The van der Waals surface area contributed by atoms with E-state index >= 15 is 0 Å². The summed E-state index contributed by atoms with van der Waals surface area (Å²) in [7, 11) is 0. The Morgan fingerprint density at radius 3 is 2.36 bits per heavy atom. The topological polar surface area (TPSA) is 69.6 Å². The highest BCUT2D eigenvalue weighted by molar-refractivity contribution is 5.73. The molecule has 82 valence electrons. The van der Waals surface area contributed by atoms with Crippen LogP contribution in [-0.4, -0.2) is 35.4 Å². The smallest absolute Gasteiger partial charge is 0.320 e. The van der Waals surface area contributed by atoms with E-state index in [0.29, 0.717) is 6.54 Å². The molecule has 0 amide bonds. The summed E-state index contributed by atoms with van der Waals surface area (Å²) >= 11 is 0. The number of carboxylic acids is 1. The first-order chi connectivity index (χ1) is 6.51. The van der Waals surface area contributed by atoms with Crippen LogP contribution in [0.1, 0.15) is 26.7 Å². The maximum atomic E-state index is 10.8. The minimum atomic E-state index is -0.811. The lowest BCUT2D eigenvalue weighted by atomic mass is 10.0. The van der Waals surface area contributed by atoms with Gasteiger partial charge in [0.1, 0.15) is 6.04 Å². The lowest BCUT2D eigenvalue weighted by Crippen LogP contribution is -2.44. The standard InChI is InChI=1S/C10H19NO3/c1-7(2)8(9(13)14)11-5-10(6-12)3-4-10/h7-8,11-12H,3-6H2,1-2H3,(H,13,14). The van der Waals surface area contributed by atoms with Crippen molar-refractivity contribution in [2.24, 2.45) is 11.3 Å². The van der Waals surface area contributed by atoms with Crippen LogP contribution in [0.5, 0.6) is 0 Å². The van der Waals surface area contributed by atoms with Crippen molar-refractivity contribution in [3.05, 3.63) is 0 Å². The minimum absolute atomic E-state index is 0.0252. The Morgan fingerprint density at radius 1 is 1.50 bits per heavy atom. The molecule has 1 atom stereocenters. The highest BCUT2D eigenvalue weighted by Gasteiger charge is 2.42. The van der Waals surface area contributed by atoms with Gasteiger partial charge in [-0.25, -0.2) is 0 Å². The predicted octanol–water partition coefficient (Wildman–Crippen LogP) is 0.458. The predicted molar refractivity (Wildman–Crippen MR) is 53.0 cm³/mol. The number of hydrogen-bond acceptors (Lipinski definition) is 3. The lowest BCUT2D eigenvalue weighted by molar-refractivity contribution is -0.140. The minimum Gasteiger partial charge on any atom is -0.480 e. The number of nitrogens with one attached hydrogen (secondary N) is 1. The summed E-state index contributed by atoms with van der Waals surface area (Å²) in [5.74, 6) is -0.740. The average molecular weight is 201 g/mol. The van der Waals surface area contributed by atoms with Crippen molar-refractivity contribution in [3.8, 4) is 0 Å². The first-order valence-corrected chi connectivity index (χ1v) is 5.08. The van der Waals surface area contributed by atoms with Crippen LogP contribution in [0.4, 0.5) is 0 Å². The molecule has 0 radical (unpaired) electrons. The van der Waals surface area contributed by atoms with E-state index in [4.69, 9.17) is 10.2 Å². The second-order valence-corrected chi connectivity index (χ2v) is 4.60. The number of aliphatic carboxylic acids is 1. The molecular formula is C10H19NO3. The van der Waals surface area contributed by atoms with Gasteiger partial charge in [-0.15, -0.1) is 0 Å². The SMILES string of the molecule is CC(C)C(NCC1(CO)CC1)C(=O)O. The molecule has 0 heterocycles. The molecule has 0 aliphatic heterocycles. The molecule has 14 heavy (non-hydrogen) atoms. The monoisotopic (exact) mass is 201 g/mol. The van der Waals surface area contributed by atoms with Crippen LogP contribution in [0.15, 0.2) is 0 Å². The van der Waals surface area contributed by atoms with E-state index in [2.05, 4.69) is 5.32 Å². The van der Waals surface area contributed by atoms with E-state index in [-0.39, 0.29) is 17.9 Å². The molecule has 0 aromatic carbocycles. The number of aliphatic hydroxyl groups is 1. The number of rotatable bonds is 6. The van der Waals surface area contributed by atoms with Crippen LogP contribution in [0.3, 0.4) is 0 Å². The maximum Gasteiger partial charge on any atom is 0.320 e. The van der Waals surface area contributed by atoms with Crippen LogP contribution in [0.25, 0.3) is 0 Å². The molecule has 0 aromatic heterocycles. The van der Waals surface area contributed by atoms with Gasteiger partial charge in [-0.05, 0) is 18.8 Å². The number of carboxylic acid groups (broad SMARTS) is 1. The molecule has 1 saturated carbocycles. The Hall–Kier alpha value is -0.610. The summed E-state index contributed by atoms with van der Waals surface area (Å²) in [5, 5.41) is 21.0. The van der Waals surface area contributed by atoms with Crippen molar-refractivity contribution in [3.63, 3.8) is 0 Å². The number of aliphatic hydroxyl groups excluding tert-OH is 1. The van der Waals surface area contributed by atoms with Crippen molar-refractivity contribution in [2.45, 2.75) is 32.7 Å². The van der Waals surface area contributed by atoms with Crippen molar-refractivity contribution in [1.29, 1.82) is 0 Å². The summed E-state index contributed by atoms with van der Waals surface area (Å²) in [6.07, 6.45) is 2.00. The van der Waals surface area contributed by atoms with Crippen LogP contribution in [0.2, 0.25) is 0 Å². The van der Waals surface area contributed by atoms with E-state index in [9.17, 15) is 4.79 Å². The zero-order valence-corrected chi connectivity index (χ0v) is 8.79. The molecule has 4 nitrogen and oxygen atoms in total. The second-order valence-electron chi connectivity index (χ2n) is 4.60. The van der Waals surface area contributed by atoms with Gasteiger partial charge in [-0.3, -0.25) is 4.79 Å². The molecule has 1 aliphatic carbocycles. The van der Waals surface area contributed by atoms with E-state index in [1.807, 2.05) is 13.8 Å². The molecule has 1 unspecified atom stereocenters. The number of hydrogen-bond donors (Lipinski definition) is 3. The van der Waals surface area contributed by atoms with Crippen molar-refractivity contribution in [1.82, 2.24) is 5.32 Å². The van der Waals surface area contributed by atoms with Gasteiger partial charge in [0.15, 0.2) is 0 Å². The highest BCUT2D eigenvalue weighted by atomic mass is 16.4. The van der Waals surface area contributed by atoms with Gasteiger partial charge in [-0.1, -0.05) is 13.8 Å². The van der Waals surface area contributed by atoms with Gasteiger partial charge in [0.25, 0.3) is 0 Å². The molecule has 0 bridgehead atoms. The van der Waals surface area contributed by atoms with Gasteiger partial charge < -0.3 is 15.5 Å². The molecule has 1 aliphatic rings. The van der Waals surface area contributed by atoms with E-state index < -0.39 is 12.0 Å². The van der Waals surface area contributed by atoms with Crippen molar-refractivity contribution < 1.29 is 15.0 Å². The Morgan fingerprint density at radius 2 is 2.07 bits per heavy atom. The normalized spacial score (nSPS) is 20.9. The van der Waals surface area contributed by atoms with E-state index in [0.717, 1.165) is 12.8 Å². The third-order valence-electron chi connectivity index (χ3n) is 2.92. The fraction of sp³-hybridized carbons (Fsp3) is 0.900. The fourth-order valence-electron chi connectivity index (χ4n) is 1.50. The van der Waals surface area contributed by atoms with Gasteiger partial charge in [0, 0.05) is 18.6 Å². The van der Waals surface area contributed by atoms with Crippen LogP contribution >= 0.6 is 0 Å². The number of carbonyl (C=O) groups is 1. The molecule has 0 saturated heterocycles. The molecule has 3 N–H and O–H groups in total. The summed E-state index contributed by atoms with van der Waals surface area (Å²) in [6.45, 7) is 4.53.